The monoisotopic (exact) mass is 518 g/mol. The Morgan fingerprint density at radius 1 is 0.800 bits per heavy atom. The van der Waals surface area contributed by atoms with Gasteiger partial charge in [-0.05, 0) is 59.4 Å². The van der Waals surface area contributed by atoms with Gasteiger partial charge >= 0.3 is 0 Å². The van der Waals surface area contributed by atoms with Gasteiger partial charge in [-0.25, -0.2) is 0 Å². The van der Waals surface area contributed by atoms with E-state index in [0.717, 1.165) is 63.0 Å². The van der Waals surface area contributed by atoms with E-state index in [2.05, 4.69) is 98.6 Å². The van der Waals surface area contributed by atoms with E-state index in [9.17, 15) is 0 Å². The summed E-state index contributed by atoms with van der Waals surface area (Å²) < 4.78 is 6.65. The van der Waals surface area contributed by atoms with Crippen LogP contribution in [-0.4, -0.2) is 17.5 Å². The number of furan rings is 1. The van der Waals surface area contributed by atoms with Gasteiger partial charge in [0.15, 0.2) is 0 Å². The highest BCUT2D eigenvalue weighted by atomic mass is 16.3. The van der Waals surface area contributed by atoms with Gasteiger partial charge in [0, 0.05) is 39.9 Å². The van der Waals surface area contributed by atoms with Gasteiger partial charge < -0.3 is 4.42 Å². The number of hydrogen-bond donors (Lipinski definition) is 0. The lowest BCUT2D eigenvalue weighted by molar-refractivity contribution is 0.490. The minimum atomic E-state index is 0.0677. The maximum atomic E-state index is 6.65. The first-order valence-corrected chi connectivity index (χ1v) is 13.9. The molecule has 0 fully saturated rings. The van der Waals surface area contributed by atoms with Crippen LogP contribution in [-0.2, 0) is 6.42 Å². The molecule has 0 saturated carbocycles. The molecule has 0 bridgehead atoms. The van der Waals surface area contributed by atoms with Crippen LogP contribution >= 0.6 is 0 Å². The Hall–Kier alpha value is -4.76. The fourth-order valence-electron chi connectivity index (χ4n) is 6.45. The van der Waals surface area contributed by atoms with Gasteiger partial charge in [-0.1, -0.05) is 92.5 Å². The highest BCUT2D eigenvalue weighted by Gasteiger charge is 2.32. The Kier molecular flexibility index (Phi) is 5.93. The summed E-state index contributed by atoms with van der Waals surface area (Å²) in [5.41, 5.74) is 11.3. The molecule has 1 aromatic heterocycles. The van der Waals surface area contributed by atoms with Gasteiger partial charge in [-0.15, -0.1) is 0 Å². The average molecular weight is 519 g/mol. The molecule has 3 heterocycles. The fourth-order valence-corrected chi connectivity index (χ4v) is 6.45. The quantitative estimate of drug-likeness (QED) is 0.235. The van der Waals surface area contributed by atoms with E-state index in [-0.39, 0.29) is 12.0 Å². The van der Waals surface area contributed by atoms with Gasteiger partial charge in [-0.3, -0.25) is 9.98 Å². The second-order valence-electron chi connectivity index (χ2n) is 10.6. The topological polar surface area (TPSA) is 37.9 Å². The molecule has 2 unspecified atom stereocenters. The first-order chi connectivity index (χ1) is 19.6. The number of aryl methyl sites for hydroxylation is 1. The minimum Gasteiger partial charge on any atom is -0.455 e. The summed E-state index contributed by atoms with van der Waals surface area (Å²) in [7, 11) is 0. The molecule has 40 heavy (non-hydrogen) atoms. The Morgan fingerprint density at radius 3 is 2.40 bits per heavy atom. The summed E-state index contributed by atoms with van der Waals surface area (Å²) in [6.45, 7) is 12.5. The predicted octanol–water partition coefficient (Wildman–Crippen LogP) is 9.22. The maximum Gasteiger partial charge on any atom is 0.145 e. The molecule has 2 aliphatic heterocycles. The van der Waals surface area contributed by atoms with Crippen LogP contribution in [0.5, 0.6) is 0 Å². The molecule has 0 radical (unpaired) electrons. The number of allylic oxidation sites excluding steroid dienone is 2. The first-order valence-electron chi connectivity index (χ1n) is 13.9. The van der Waals surface area contributed by atoms with Crippen molar-refractivity contribution in [1.29, 1.82) is 0 Å². The number of nitrogens with zero attached hydrogens (tertiary/aromatic N) is 2. The summed E-state index contributed by atoms with van der Waals surface area (Å²) >= 11 is 0. The third-order valence-electron chi connectivity index (χ3n) is 8.33. The molecule has 0 amide bonds. The molecule has 0 spiro atoms. The van der Waals surface area contributed by atoms with Gasteiger partial charge in [0.2, 0.25) is 0 Å². The lowest BCUT2D eigenvalue weighted by Gasteiger charge is -2.32. The van der Waals surface area contributed by atoms with Crippen LogP contribution in [0.15, 0.2) is 137 Å². The number of benzene rings is 4. The molecule has 3 heteroatoms. The van der Waals surface area contributed by atoms with E-state index in [1.165, 1.54) is 22.3 Å². The summed E-state index contributed by atoms with van der Waals surface area (Å²) in [4.78, 5) is 10.2. The van der Waals surface area contributed by atoms with Gasteiger partial charge in [0.05, 0.1) is 17.5 Å². The van der Waals surface area contributed by atoms with Crippen LogP contribution in [0.3, 0.4) is 0 Å². The van der Waals surface area contributed by atoms with Crippen LogP contribution in [0, 0.1) is 0 Å². The van der Waals surface area contributed by atoms with Crippen molar-refractivity contribution in [2.75, 3.05) is 0 Å². The van der Waals surface area contributed by atoms with Gasteiger partial charge in [0.1, 0.15) is 11.2 Å². The molecule has 5 aromatic rings. The van der Waals surface area contributed by atoms with Crippen LogP contribution in [0.2, 0.25) is 0 Å². The fraction of sp³-hybridized carbons (Fsp3) is 0.135. The molecule has 0 saturated heterocycles. The van der Waals surface area contributed by atoms with Crippen LogP contribution in [0.4, 0.5) is 0 Å². The summed E-state index contributed by atoms with van der Waals surface area (Å²) in [5, 5.41) is 2.19. The SMILES string of the molecule is C=CC1=NC2CC(=C)/N=C(/C=C)c3c(ccc4c3oc3cc(-c5ccccc5)ccc34)CCC2c2ccccc21. The van der Waals surface area contributed by atoms with E-state index in [1.807, 2.05) is 18.2 Å². The lowest BCUT2D eigenvalue weighted by Crippen LogP contribution is -2.27. The molecule has 3 nitrogen and oxygen atoms in total. The molecule has 0 N–H and O–H groups in total. The van der Waals surface area contributed by atoms with Crippen molar-refractivity contribution in [3.05, 3.63) is 145 Å². The third-order valence-corrected chi connectivity index (χ3v) is 8.33. The molecule has 2 atom stereocenters. The molecular formula is C37H30N2O. The zero-order chi connectivity index (χ0) is 27.2. The highest BCUT2D eigenvalue weighted by molar-refractivity contribution is 6.20. The smallest absolute Gasteiger partial charge is 0.145 e. The zero-order valence-electron chi connectivity index (χ0n) is 22.4. The summed E-state index contributed by atoms with van der Waals surface area (Å²) in [6.07, 6.45) is 6.22. The predicted molar refractivity (Wildman–Crippen MR) is 168 cm³/mol. The van der Waals surface area contributed by atoms with E-state index >= 15 is 0 Å². The number of fused-ring (bicyclic) bond motifs is 8. The molecule has 4 aromatic carbocycles. The molecule has 7 rings (SSSR count). The summed E-state index contributed by atoms with van der Waals surface area (Å²) in [5.74, 6) is 0.268. The molecular weight excluding hydrogens is 488 g/mol. The molecule has 2 aliphatic rings. The van der Waals surface area contributed by atoms with Crippen molar-refractivity contribution >= 4 is 33.4 Å². The van der Waals surface area contributed by atoms with Crippen LogP contribution in [0.25, 0.3) is 33.1 Å². The third kappa shape index (κ3) is 3.97. The molecule has 194 valence electrons. The standard InChI is InChI=1S/C37H30N2O/c1-4-32-28-14-10-9-13-27(28)29-18-15-25-16-20-31-30-19-17-26(24-11-7-6-8-12-24)22-35(30)40-37(31)36(25)33(5-2)38-23(3)21-34(29)39-32/h4-14,16-17,19-20,22,29,34H,1-3,15,18,21H2/b38-33-. The van der Waals surface area contributed by atoms with Crippen molar-refractivity contribution < 1.29 is 4.42 Å². The van der Waals surface area contributed by atoms with Gasteiger partial charge in [0.25, 0.3) is 0 Å². The van der Waals surface area contributed by atoms with E-state index in [0.29, 0.717) is 6.42 Å². The van der Waals surface area contributed by atoms with Crippen LogP contribution < -0.4 is 0 Å². The van der Waals surface area contributed by atoms with Crippen molar-refractivity contribution in [1.82, 2.24) is 0 Å². The number of aliphatic imine (C=N–C) groups is 2. The average Bonchev–Trinajstić information content (AvgIpc) is 3.37. The largest absolute Gasteiger partial charge is 0.455 e. The van der Waals surface area contributed by atoms with Gasteiger partial charge in [-0.2, -0.15) is 0 Å². The zero-order valence-corrected chi connectivity index (χ0v) is 22.4. The Balaban J connectivity index is 1.39. The Labute approximate surface area is 234 Å². The minimum absolute atomic E-state index is 0.0677. The number of rotatable bonds is 3. The van der Waals surface area contributed by atoms with Crippen molar-refractivity contribution in [3.8, 4) is 11.1 Å². The Bertz CT molecular complexity index is 1890. The second-order valence-corrected chi connectivity index (χ2v) is 10.6. The first kappa shape index (κ1) is 24.3. The normalized spacial score (nSPS) is 20.1. The highest BCUT2D eigenvalue weighted by Crippen LogP contribution is 2.40. The van der Waals surface area contributed by atoms with Crippen molar-refractivity contribution in [3.63, 3.8) is 0 Å². The number of hydrogen-bond acceptors (Lipinski definition) is 3. The molecule has 0 aliphatic carbocycles. The Morgan fingerprint density at radius 2 is 1.57 bits per heavy atom. The summed E-state index contributed by atoms with van der Waals surface area (Å²) in [6, 6.07) is 30.0. The van der Waals surface area contributed by atoms with Crippen molar-refractivity contribution in [2.45, 2.75) is 31.2 Å². The lowest BCUT2D eigenvalue weighted by atomic mass is 9.78. The van der Waals surface area contributed by atoms with Crippen molar-refractivity contribution in [2.24, 2.45) is 9.98 Å². The van der Waals surface area contributed by atoms with E-state index in [4.69, 9.17) is 14.4 Å². The second kappa shape index (κ2) is 9.77. The van der Waals surface area contributed by atoms with E-state index in [1.54, 1.807) is 0 Å². The maximum absolute atomic E-state index is 6.65. The van der Waals surface area contributed by atoms with Crippen LogP contribution in [0.1, 0.15) is 41.0 Å². The van der Waals surface area contributed by atoms with E-state index < -0.39 is 0 Å².